The molecule has 2 aromatic rings. The van der Waals surface area contributed by atoms with E-state index in [0.29, 0.717) is 55.3 Å². The van der Waals surface area contributed by atoms with Crippen LogP contribution in [0.15, 0.2) is 36.4 Å². The van der Waals surface area contributed by atoms with Gasteiger partial charge in [0.05, 0.1) is 36.1 Å². The Hall–Kier alpha value is -2.35. The molecule has 0 radical (unpaired) electrons. The van der Waals surface area contributed by atoms with Crippen LogP contribution < -0.4 is 15.8 Å². The van der Waals surface area contributed by atoms with E-state index in [1.165, 1.54) is 25.3 Å². The molecule has 0 bridgehead atoms. The van der Waals surface area contributed by atoms with E-state index in [-0.39, 0.29) is 22.9 Å². The van der Waals surface area contributed by atoms with Crippen molar-refractivity contribution >= 4 is 23.2 Å². The number of hydrogen-bond acceptors (Lipinski definition) is 5. The quantitative estimate of drug-likeness (QED) is 0.720. The summed E-state index contributed by atoms with van der Waals surface area (Å²) in [7, 11) is 1.46. The van der Waals surface area contributed by atoms with Gasteiger partial charge in [0.25, 0.3) is 5.91 Å². The van der Waals surface area contributed by atoms with Gasteiger partial charge in [-0.05, 0) is 12.1 Å². The minimum absolute atomic E-state index is 0.195. The Morgan fingerprint density at radius 1 is 1.43 bits per heavy atom. The molecule has 1 saturated heterocycles. The zero-order valence-corrected chi connectivity index (χ0v) is 16.3. The predicted octanol–water partition coefficient (Wildman–Crippen LogP) is 2.70. The minimum Gasteiger partial charge on any atom is -0.496 e. The Balaban J connectivity index is 1.58. The summed E-state index contributed by atoms with van der Waals surface area (Å²) in [6.45, 7) is 2.64. The molecule has 1 aliphatic rings. The maximum absolute atomic E-state index is 13.9. The number of carbonyl (C=O) groups is 1. The summed E-state index contributed by atoms with van der Waals surface area (Å²) >= 11 is 6.02. The van der Waals surface area contributed by atoms with Crippen molar-refractivity contribution in [3.63, 3.8) is 0 Å². The number of nitrogens with two attached hydrogens (primary N) is 1. The van der Waals surface area contributed by atoms with Gasteiger partial charge in [-0.15, -0.1) is 0 Å². The molecule has 6 nitrogen and oxygen atoms in total. The third-order valence-electron chi connectivity index (χ3n) is 4.63. The molecule has 1 heterocycles. The third-order valence-corrected chi connectivity index (χ3v) is 4.96. The smallest absolute Gasteiger partial charge is 0.255 e. The second-order valence-electron chi connectivity index (χ2n) is 6.60. The average Bonchev–Trinajstić information content (AvgIpc) is 2.70. The number of anilines is 1. The maximum Gasteiger partial charge on any atom is 0.255 e. The number of nitrogens with one attached hydrogen (secondary N) is 1. The van der Waals surface area contributed by atoms with Crippen molar-refractivity contribution in [3.05, 3.63) is 58.4 Å². The summed E-state index contributed by atoms with van der Waals surface area (Å²) in [5, 5.41) is 3.13. The normalized spacial score (nSPS) is 17.3. The molecule has 8 heteroatoms. The van der Waals surface area contributed by atoms with Crippen LogP contribution in [0.3, 0.4) is 0 Å². The van der Waals surface area contributed by atoms with Crippen LogP contribution in [0.1, 0.15) is 15.9 Å². The predicted molar refractivity (Wildman–Crippen MR) is 106 cm³/mol. The number of nitrogens with zero attached hydrogens (tertiary/aromatic N) is 1. The van der Waals surface area contributed by atoms with Gasteiger partial charge in [-0.25, -0.2) is 4.39 Å². The highest BCUT2D eigenvalue weighted by Crippen LogP contribution is 2.28. The van der Waals surface area contributed by atoms with E-state index in [0.717, 1.165) is 0 Å². The van der Waals surface area contributed by atoms with Crippen LogP contribution in [0, 0.1) is 5.82 Å². The molecule has 0 saturated carbocycles. The number of hydrogen-bond donors (Lipinski definition) is 2. The number of ether oxygens (including phenoxy) is 2. The number of carbonyl (C=O) groups excluding carboxylic acids is 1. The summed E-state index contributed by atoms with van der Waals surface area (Å²) in [5.74, 6) is -0.190. The van der Waals surface area contributed by atoms with Gasteiger partial charge >= 0.3 is 0 Å². The van der Waals surface area contributed by atoms with Gasteiger partial charge in [0.2, 0.25) is 0 Å². The van der Waals surface area contributed by atoms with Crippen molar-refractivity contribution in [3.8, 4) is 5.75 Å². The Labute approximate surface area is 168 Å². The molecule has 3 rings (SSSR count). The first kappa shape index (κ1) is 20.4. The first-order valence-corrected chi connectivity index (χ1v) is 9.34. The SMILES string of the molecule is COc1cc(N)c(Cl)cc1C(=O)NCC1CN(Cc2ccccc2F)CCO1. The second-order valence-corrected chi connectivity index (χ2v) is 7.01. The monoisotopic (exact) mass is 407 g/mol. The molecule has 0 aliphatic carbocycles. The lowest BCUT2D eigenvalue weighted by atomic mass is 10.1. The highest BCUT2D eigenvalue weighted by Gasteiger charge is 2.23. The maximum atomic E-state index is 13.9. The van der Waals surface area contributed by atoms with E-state index in [9.17, 15) is 9.18 Å². The average molecular weight is 408 g/mol. The molecule has 1 amide bonds. The van der Waals surface area contributed by atoms with E-state index in [4.69, 9.17) is 26.8 Å². The van der Waals surface area contributed by atoms with E-state index in [2.05, 4.69) is 10.2 Å². The third kappa shape index (κ3) is 4.92. The Morgan fingerprint density at radius 3 is 2.96 bits per heavy atom. The number of morpholine rings is 1. The molecule has 150 valence electrons. The van der Waals surface area contributed by atoms with Crippen LogP contribution >= 0.6 is 11.6 Å². The summed E-state index contributed by atoms with van der Waals surface area (Å²) in [5.41, 5.74) is 7.04. The van der Waals surface area contributed by atoms with E-state index in [1.807, 2.05) is 6.07 Å². The van der Waals surface area contributed by atoms with Gasteiger partial charge in [0, 0.05) is 37.8 Å². The summed E-state index contributed by atoms with van der Waals surface area (Å²) < 4.78 is 24.8. The fourth-order valence-electron chi connectivity index (χ4n) is 3.13. The summed E-state index contributed by atoms with van der Waals surface area (Å²) in [6, 6.07) is 9.73. The molecule has 1 aliphatic heterocycles. The van der Waals surface area contributed by atoms with Crippen LogP contribution in [0.5, 0.6) is 5.75 Å². The second kappa shape index (κ2) is 9.23. The van der Waals surface area contributed by atoms with Crippen LogP contribution in [0.2, 0.25) is 5.02 Å². The Bertz CT molecular complexity index is 849. The molecule has 28 heavy (non-hydrogen) atoms. The largest absolute Gasteiger partial charge is 0.496 e. The molecule has 1 fully saturated rings. The van der Waals surface area contributed by atoms with Gasteiger partial charge in [-0.3, -0.25) is 9.69 Å². The van der Waals surface area contributed by atoms with Crippen LogP contribution in [-0.2, 0) is 11.3 Å². The number of nitrogen functional groups attached to an aromatic ring is 1. The lowest BCUT2D eigenvalue weighted by Crippen LogP contribution is -2.47. The minimum atomic E-state index is -0.325. The number of methoxy groups -OCH3 is 1. The van der Waals surface area contributed by atoms with E-state index < -0.39 is 0 Å². The zero-order chi connectivity index (χ0) is 20.1. The van der Waals surface area contributed by atoms with Crippen molar-refractivity contribution in [2.24, 2.45) is 0 Å². The van der Waals surface area contributed by atoms with Gasteiger partial charge in [-0.2, -0.15) is 0 Å². The van der Waals surface area contributed by atoms with Crippen LogP contribution in [-0.4, -0.2) is 50.3 Å². The topological polar surface area (TPSA) is 76.8 Å². The lowest BCUT2D eigenvalue weighted by Gasteiger charge is -2.33. The molecule has 0 spiro atoms. The fraction of sp³-hybridized carbons (Fsp3) is 0.350. The molecular weight excluding hydrogens is 385 g/mol. The van der Waals surface area contributed by atoms with Crippen molar-refractivity contribution in [1.29, 1.82) is 0 Å². The number of rotatable bonds is 6. The highest BCUT2D eigenvalue weighted by molar-refractivity contribution is 6.33. The zero-order valence-electron chi connectivity index (χ0n) is 15.6. The standard InChI is InChI=1S/C20H23ClFN3O3/c1-27-19-9-18(23)16(21)8-15(19)20(26)24-10-14-12-25(6-7-28-14)11-13-4-2-3-5-17(13)22/h2-5,8-9,14H,6-7,10-12,23H2,1H3,(H,24,26). The van der Waals surface area contributed by atoms with Gasteiger partial charge in [0.1, 0.15) is 11.6 Å². The lowest BCUT2D eigenvalue weighted by molar-refractivity contribution is -0.0295. The van der Waals surface area contributed by atoms with Crippen LogP contribution in [0.4, 0.5) is 10.1 Å². The van der Waals surface area contributed by atoms with Crippen molar-refractivity contribution < 1.29 is 18.7 Å². The van der Waals surface area contributed by atoms with Crippen molar-refractivity contribution in [1.82, 2.24) is 10.2 Å². The van der Waals surface area contributed by atoms with Crippen LogP contribution in [0.25, 0.3) is 0 Å². The van der Waals surface area contributed by atoms with Gasteiger partial charge < -0.3 is 20.5 Å². The summed E-state index contributed by atoms with van der Waals surface area (Å²) in [6.07, 6.45) is -0.195. The molecule has 1 atom stereocenters. The molecular formula is C20H23ClFN3O3. The van der Waals surface area contributed by atoms with Gasteiger partial charge in [-0.1, -0.05) is 29.8 Å². The molecule has 2 aromatic carbocycles. The van der Waals surface area contributed by atoms with E-state index in [1.54, 1.807) is 12.1 Å². The number of benzene rings is 2. The summed E-state index contributed by atoms with van der Waals surface area (Å²) in [4.78, 5) is 14.6. The van der Waals surface area contributed by atoms with Crippen molar-refractivity contribution in [2.75, 3.05) is 39.1 Å². The Morgan fingerprint density at radius 2 is 2.21 bits per heavy atom. The first-order valence-electron chi connectivity index (χ1n) is 8.96. The number of halogens is 2. The number of amides is 1. The fourth-order valence-corrected chi connectivity index (χ4v) is 3.30. The first-order chi connectivity index (χ1) is 13.5. The molecule has 3 N–H and O–H groups in total. The van der Waals surface area contributed by atoms with Crippen molar-refractivity contribution in [2.45, 2.75) is 12.6 Å². The molecule has 0 aromatic heterocycles. The van der Waals surface area contributed by atoms with E-state index >= 15 is 0 Å². The highest BCUT2D eigenvalue weighted by atomic mass is 35.5. The van der Waals surface area contributed by atoms with Gasteiger partial charge in [0.15, 0.2) is 0 Å². The Kier molecular flexibility index (Phi) is 6.72. The molecule has 1 unspecified atom stereocenters.